The zero-order valence-electron chi connectivity index (χ0n) is 23.5. The highest BCUT2D eigenvalue weighted by Crippen LogP contribution is 2.40. The van der Waals surface area contributed by atoms with E-state index in [9.17, 15) is 23.1 Å². The van der Waals surface area contributed by atoms with Crippen molar-refractivity contribution in [1.82, 2.24) is 14.9 Å². The summed E-state index contributed by atoms with van der Waals surface area (Å²) in [5.41, 5.74) is 5.57. The van der Waals surface area contributed by atoms with Crippen molar-refractivity contribution in [2.24, 2.45) is 5.73 Å². The molecule has 224 valence electrons. The van der Waals surface area contributed by atoms with Crippen LogP contribution < -0.4 is 21.3 Å². The van der Waals surface area contributed by atoms with Crippen molar-refractivity contribution in [3.8, 4) is 0 Å². The summed E-state index contributed by atoms with van der Waals surface area (Å²) < 4.78 is 42.9. The summed E-state index contributed by atoms with van der Waals surface area (Å²) in [6.45, 7) is 5.17. The van der Waals surface area contributed by atoms with Crippen LogP contribution in [-0.2, 0) is 12.6 Å². The number of alkyl halides is 3. The Balaban J connectivity index is 1.39. The van der Waals surface area contributed by atoms with E-state index in [0.717, 1.165) is 44.8 Å². The van der Waals surface area contributed by atoms with Crippen LogP contribution in [0.1, 0.15) is 80.0 Å². The molecular formula is C29H40F3N7O2. The van der Waals surface area contributed by atoms with Crippen LogP contribution in [0.25, 0.3) is 0 Å². The minimum Gasteiger partial charge on any atom is -0.393 e. The standard InChI is InChI=1S/C29H40F3N7O2/c1-2-23-27(34-18-5-8-21(40)9-6-18)37-28(25(36-23)26(33)41)35-19-7-10-24(22(17-19)29(30,31)32)39-15-11-20(12-16-39)38-13-3-4-14-38/h7,10,17-18,20-21,40H,2-6,8-9,11-16H2,1H3,(H2,33,41)(H2,34,35,37). The largest absolute Gasteiger partial charge is 0.418 e. The maximum absolute atomic E-state index is 14.3. The van der Waals surface area contributed by atoms with Gasteiger partial charge in [0.1, 0.15) is 5.82 Å². The third-order valence-corrected chi connectivity index (χ3v) is 8.60. The lowest BCUT2D eigenvalue weighted by Crippen LogP contribution is -2.44. The zero-order valence-corrected chi connectivity index (χ0v) is 23.5. The van der Waals surface area contributed by atoms with Gasteiger partial charge in [0.05, 0.1) is 17.4 Å². The van der Waals surface area contributed by atoms with Crippen LogP contribution in [0.5, 0.6) is 0 Å². The number of nitrogens with zero attached hydrogens (tertiary/aromatic N) is 4. The second-order valence-corrected chi connectivity index (χ2v) is 11.4. The smallest absolute Gasteiger partial charge is 0.393 e. The Kier molecular flexibility index (Phi) is 8.88. The first kappa shape index (κ1) is 29.4. The molecule has 1 aromatic heterocycles. The third-order valence-electron chi connectivity index (χ3n) is 8.60. The van der Waals surface area contributed by atoms with Crippen LogP contribution in [0.15, 0.2) is 18.2 Å². The van der Waals surface area contributed by atoms with E-state index in [2.05, 4.69) is 25.5 Å². The lowest BCUT2D eigenvalue weighted by atomic mass is 9.93. The van der Waals surface area contributed by atoms with Crippen LogP contribution >= 0.6 is 0 Å². The van der Waals surface area contributed by atoms with Crippen molar-refractivity contribution in [2.75, 3.05) is 41.7 Å². The molecule has 0 spiro atoms. The van der Waals surface area contributed by atoms with Gasteiger partial charge in [-0.15, -0.1) is 0 Å². The van der Waals surface area contributed by atoms with Crippen molar-refractivity contribution in [2.45, 2.75) is 89.1 Å². The molecule has 0 atom stereocenters. The number of hydrogen-bond donors (Lipinski definition) is 4. The molecule has 1 amide bonds. The second-order valence-electron chi connectivity index (χ2n) is 11.4. The molecule has 3 heterocycles. The van der Waals surface area contributed by atoms with E-state index < -0.39 is 17.6 Å². The molecule has 0 unspecified atom stereocenters. The molecule has 41 heavy (non-hydrogen) atoms. The van der Waals surface area contributed by atoms with Gasteiger partial charge >= 0.3 is 6.18 Å². The van der Waals surface area contributed by atoms with Crippen LogP contribution in [-0.4, -0.2) is 70.2 Å². The molecule has 3 aliphatic rings. The van der Waals surface area contributed by atoms with Crippen molar-refractivity contribution >= 4 is 28.9 Å². The molecule has 9 nitrogen and oxygen atoms in total. The monoisotopic (exact) mass is 575 g/mol. The van der Waals surface area contributed by atoms with Crippen LogP contribution in [0, 0.1) is 0 Å². The van der Waals surface area contributed by atoms with Gasteiger partial charge in [0.2, 0.25) is 0 Å². The number of aliphatic hydroxyl groups is 1. The fraction of sp³-hybridized carbons (Fsp3) is 0.621. The maximum Gasteiger partial charge on any atom is 0.418 e. The van der Waals surface area contributed by atoms with E-state index in [1.165, 1.54) is 18.9 Å². The van der Waals surface area contributed by atoms with Crippen LogP contribution in [0.2, 0.25) is 0 Å². The van der Waals surface area contributed by atoms with Crippen molar-refractivity contribution in [3.05, 3.63) is 35.2 Å². The van der Waals surface area contributed by atoms with Gasteiger partial charge in [-0.3, -0.25) is 4.79 Å². The lowest BCUT2D eigenvalue weighted by molar-refractivity contribution is -0.137. The van der Waals surface area contributed by atoms with Crippen molar-refractivity contribution in [3.63, 3.8) is 0 Å². The lowest BCUT2D eigenvalue weighted by Gasteiger charge is -2.38. The summed E-state index contributed by atoms with van der Waals surface area (Å²) in [7, 11) is 0. The summed E-state index contributed by atoms with van der Waals surface area (Å²) in [5.74, 6) is -0.370. The van der Waals surface area contributed by atoms with Crippen molar-refractivity contribution in [1.29, 1.82) is 0 Å². The molecule has 0 bridgehead atoms. The number of primary amides is 1. The third kappa shape index (κ3) is 6.86. The molecule has 1 aromatic carbocycles. The fourth-order valence-corrected chi connectivity index (χ4v) is 6.34. The summed E-state index contributed by atoms with van der Waals surface area (Å²) in [6.07, 6.45) is 2.49. The highest BCUT2D eigenvalue weighted by atomic mass is 19.4. The summed E-state index contributed by atoms with van der Waals surface area (Å²) in [5, 5.41) is 16.1. The molecule has 3 fully saturated rings. The number of piperidine rings is 1. The molecule has 1 saturated carbocycles. The number of rotatable bonds is 8. The second kappa shape index (κ2) is 12.4. The number of nitrogens with two attached hydrogens (primary N) is 1. The van der Waals surface area contributed by atoms with E-state index in [1.54, 1.807) is 6.07 Å². The number of anilines is 4. The molecule has 12 heteroatoms. The predicted molar refractivity (Wildman–Crippen MR) is 153 cm³/mol. The predicted octanol–water partition coefficient (Wildman–Crippen LogP) is 4.68. The Hall–Kier alpha value is -3.12. The fourth-order valence-electron chi connectivity index (χ4n) is 6.34. The van der Waals surface area contributed by atoms with Gasteiger partial charge in [-0.25, -0.2) is 9.97 Å². The topological polar surface area (TPSA) is 120 Å². The summed E-state index contributed by atoms with van der Waals surface area (Å²) in [6, 6.07) is 4.63. The first-order chi connectivity index (χ1) is 19.6. The van der Waals surface area contributed by atoms with E-state index in [4.69, 9.17) is 5.73 Å². The Morgan fingerprint density at radius 1 is 1.02 bits per heavy atom. The number of carbonyl (C=O) groups excluding carboxylic acids is 1. The molecule has 1 aliphatic carbocycles. The Labute approximate surface area is 238 Å². The number of aromatic nitrogens is 2. The van der Waals surface area contributed by atoms with Crippen LogP contribution in [0.3, 0.4) is 0 Å². The minimum absolute atomic E-state index is 0.000320. The number of amides is 1. The van der Waals surface area contributed by atoms with E-state index >= 15 is 0 Å². The number of aliphatic hydroxyl groups excluding tert-OH is 1. The number of likely N-dealkylation sites (tertiary alicyclic amines) is 1. The molecule has 5 N–H and O–H groups in total. The van der Waals surface area contributed by atoms with E-state index in [1.807, 2.05) is 11.8 Å². The first-order valence-corrected chi connectivity index (χ1v) is 14.7. The molecule has 5 rings (SSSR count). The maximum atomic E-state index is 14.3. The molecule has 2 aromatic rings. The average Bonchev–Trinajstić information content (AvgIpc) is 3.49. The van der Waals surface area contributed by atoms with Gasteiger partial charge in [0, 0.05) is 36.5 Å². The summed E-state index contributed by atoms with van der Waals surface area (Å²) in [4.78, 5) is 25.6. The number of nitrogens with one attached hydrogen (secondary N) is 2. The Morgan fingerprint density at radius 2 is 1.71 bits per heavy atom. The average molecular weight is 576 g/mol. The van der Waals surface area contributed by atoms with Gasteiger partial charge in [-0.05, 0) is 89.1 Å². The quantitative estimate of drug-likeness (QED) is 0.358. The zero-order chi connectivity index (χ0) is 29.1. The van der Waals surface area contributed by atoms with E-state index in [-0.39, 0.29) is 35.0 Å². The van der Waals surface area contributed by atoms with Gasteiger partial charge in [-0.2, -0.15) is 13.2 Å². The highest BCUT2D eigenvalue weighted by Gasteiger charge is 2.37. The number of halogens is 3. The summed E-state index contributed by atoms with van der Waals surface area (Å²) >= 11 is 0. The van der Waals surface area contributed by atoms with Gasteiger partial charge in [0.15, 0.2) is 11.5 Å². The number of carbonyl (C=O) groups is 1. The van der Waals surface area contributed by atoms with Gasteiger partial charge < -0.3 is 31.3 Å². The van der Waals surface area contributed by atoms with Crippen LogP contribution in [0.4, 0.5) is 36.2 Å². The van der Waals surface area contributed by atoms with Crippen molar-refractivity contribution < 1.29 is 23.1 Å². The van der Waals surface area contributed by atoms with Gasteiger partial charge in [0.25, 0.3) is 5.91 Å². The van der Waals surface area contributed by atoms with E-state index in [0.29, 0.717) is 49.9 Å². The molecule has 2 aliphatic heterocycles. The minimum atomic E-state index is -4.57. The number of benzene rings is 1. The first-order valence-electron chi connectivity index (χ1n) is 14.7. The number of aryl methyl sites for hydroxylation is 1. The molecular weight excluding hydrogens is 535 g/mol. The molecule has 2 saturated heterocycles. The SMILES string of the molecule is CCc1nc(C(N)=O)c(Nc2ccc(N3CCC(N4CCCC4)CC3)c(C(F)(F)F)c2)nc1NC1CCC(O)CC1. The molecule has 0 radical (unpaired) electrons. The Morgan fingerprint density at radius 3 is 2.32 bits per heavy atom. The Bertz CT molecular complexity index is 1220. The normalized spacial score (nSPS) is 22.6. The van der Waals surface area contributed by atoms with Gasteiger partial charge in [-0.1, -0.05) is 6.92 Å². The number of hydrogen-bond acceptors (Lipinski definition) is 8. The highest BCUT2D eigenvalue weighted by molar-refractivity contribution is 5.96.